The van der Waals surface area contributed by atoms with Crippen LogP contribution in [0.15, 0.2) is 42.5 Å². The molecular weight excluding hydrogens is 228 g/mol. The molecule has 0 saturated carbocycles. The lowest BCUT2D eigenvalue weighted by molar-refractivity contribution is -0.305. The molecule has 0 aromatic heterocycles. The lowest BCUT2D eigenvalue weighted by Crippen LogP contribution is -2.21. The molecule has 0 saturated heterocycles. The monoisotopic (exact) mass is 241 g/mol. The van der Waals surface area contributed by atoms with Crippen LogP contribution in [0.1, 0.15) is 18.4 Å². The average Bonchev–Trinajstić information content (AvgIpc) is 2.37. The first-order valence-electron chi connectivity index (χ1n) is 5.75. The maximum absolute atomic E-state index is 10.3. The van der Waals surface area contributed by atoms with E-state index in [9.17, 15) is 15.0 Å². The highest BCUT2D eigenvalue weighted by Crippen LogP contribution is 2.29. The van der Waals surface area contributed by atoms with Gasteiger partial charge in [0.05, 0.1) is 0 Å². The molecule has 0 atom stereocenters. The van der Waals surface area contributed by atoms with Crippen LogP contribution in [0.4, 0.5) is 0 Å². The van der Waals surface area contributed by atoms with Crippen LogP contribution in [-0.2, 0) is 4.79 Å². The van der Waals surface area contributed by atoms with E-state index in [4.69, 9.17) is 0 Å². The molecule has 0 fully saturated rings. The molecule has 2 aromatic rings. The summed E-state index contributed by atoms with van der Waals surface area (Å²) in [5.41, 5.74) is 0.687. The highest BCUT2D eigenvalue weighted by molar-refractivity contribution is 5.91. The van der Waals surface area contributed by atoms with E-state index in [0.29, 0.717) is 12.0 Å². The van der Waals surface area contributed by atoms with Crippen LogP contribution in [0.25, 0.3) is 16.8 Å². The van der Waals surface area contributed by atoms with Crippen molar-refractivity contribution in [3.8, 4) is 5.75 Å². The molecule has 0 amide bonds. The summed E-state index contributed by atoms with van der Waals surface area (Å²) in [6.07, 6.45) is 3.84. The third-order valence-electron chi connectivity index (χ3n) is 2.74. The molecule has 0 spiro atoms. The fourth-order valence-electron chi connectivity index (χ4n) is 1.82. The van der Waals surface area contributed by atoms with Gasteiger partial charge in [-0.15, -0.1) is 0 Å². The van der Waals surface area contributed by atoms with E-state index in [1.54, 1.807) is 12.2 Å². The van der Waals surface area contributed by atoms with Crippen LogP contribution in [0.2, 0.25) is 0 Å². The molecule has 1 N–H and O–H groups in total. The minimum absolute atomic E-state index is 0.00908. The minimum atomic E-state index is -1.07. The number of aliphatic carboxylic acids is 1. The molecule has 2 aromatic carbocycles. The number of carbonyl (C=O) groups excluding carboxylic acids is 1. The lowest BCUT2D eigenvalue weighted by atomic mass is 10.0. The van der Waals surface area contributed by atoms with E-state index in [1.807, 2.05) is 36.4 Å². The quantitative estimate of drug-likeness (QED) is 0.891. The van der Waals surface area contributed by atoms with Crippen LogP contribution in [0, 0.1) is 0 Å². The number of fused-ring (bicyclic) bond motifs is 1. The highest BCUT2D eigenvalue weighted by atomic mass is 16.4. The number of carbonyl (C=O) groups is 1. The van der Waals surface area contributed by atoms with Gasteiger partial charge in [0.25, 0.3) is 0 Å². The second-order valence-corrected chi connectivity index (χ2v) is 4.04. The Morgan fingerprint density at radius 2 is 2.00 bits per heavy atom. The maximum atomic E-state index is 10.3. The Hall–Kier alpha value is -2.29. The Morgan fingerprint density at radius 3 is 2.78 bits per heavy atom. The van der Waals surface area contributed by atoms with Gasteiger partial charge < -0.3 is 15.0 Å². The molecular formula is C15H13O3-. The average molecular weight is 241 g/mol. The molecule has 2 rings (SSSR count). The van der Waals surface area contributed by atoms with Crippen molar-refractivity contribution in [1.29, 1.82) is 0 Å². The molecule has 3 nitrogen and oxygen atoms in total. The number of carboxylic acid groups (broad SMARTS) is 1. The Kier molecular flexibility index (Phi) is 3.63. The molecule has 0 aliphatic rings. The zero-order valence-electron chi connectivity index (χ0n) is 9.80. The normalized spacial score (nSPS) is 11.1. The van der Waals surface area contributed by atoms with Gasteiger partial charge in [0.15, 0.2) is 0 Å². The summed E-state index contributed by atoms with van der Waals surface area (Å²) < 4.78 is 0. The van der Waals surface area contributed by atoms with Crippen molar-refractivity contribution < 1.29 is 15.0 Å². The van der Waals surface area contributed by atoms with E-state index in [-0.39, 0.29) is 12.2 Å². The van der Waals surface area contributed by atoms with Gasteiger partial charge in [0, 0.05) is 16.9 Å². The topological polar surface area (TPSA) is 60.4 Å². The maximum Gasteiger partial charge on any atom is 0.130 e. The number of phenolic OH excluding ortho intramolecular Hbond substituents is 1. The van der Waals surface area contributed by atoms with E-state index in [1.165, 1.54) is 0 Å². The molecule has 0 radical (unpaired) electrons. The second-order valence-electron chi connectivity index (χ2n) is 4.04. The van der Waals surface area contributed by atoms with E-state index in [0.717, 1.165) is 10.8 Å². The van der Waals surface area contributed by atoms with Gasteiger partial charge in [0.1, 0.15) is 5.75 Å². The van der Waals surface area contributed by atoms with Crippen LogP contribution in [0.3, 0.4) is 0 Å². The molecule has 3 heteroatoms. The van der Waals surface area contributed by atoms with Crippen LogP contribution in [-0.4, -0.2) is 11.1 Å². The van der Waals surface area contributed by atoms with Crippen LogP contribution in [0.5, 0.6) is 5.75 Å². The van der Waals surface area contributed by atoms with Gasteiger partial charge in [-0.05, 0) is 18.2 Å². The van der Waals surface area contributed by atoms with Gasteiger partial charge in [-0.3, -0.25) is 0 Å². The van der Waals surface area contributed by atoms with Crippen molar-refractivity contribution in [2.24, 2.45) is 0 Å². The summed E-state index contributed by atoms with van der Waals surface area (Å²) in [5, 5.41) is 22.1. The van der Waals surface area contributed by atoms with Crippen molar-refractivity contribution in [3.05, 3.63) is 48.0 Å². The van der Waals surface area contributed by atoms with Crippen molar-refractivity contribution in [2.45, 2.75) is 12.8 Å². The first-order valence-corrected chi connectivity index (χ1v) is 5.75. The number of rotatable bonds is 4. The Bertz CT molecular complexity index is 600. The third kappa shape index (κ3) is 2.69. The summed E-state index contributed by atoms with van der Waals surface area (Å²) in [4.78, 5) is 10.3. The second kappa shape index (κ2) is 5.36. The van der Waals surface area contributed by atoms with Crippen molar-refractivity contribution in [2.75, 3.05) is 0 Å². The van der Waals surface area contributed by atoms with Crippen molar-refractivity contribution >= 4 is 22.8 Å². The van der Waals surface area contributed by atoms with E-state index < -0.39 is 5.97 Å². The van der Waals surface area contributed by atoms with Gasteiger partial charge in [-0.1, -0.05) is 48.6 Å². The van der Waals surface area contributed by atoms with Gasteiger partial charge in [-0.2, -0.15) is 0 Å². The fourth-order valence-corrected chi connectivity index (χ4v) is 1.82. The van der Waals surface area contributed by atoms with Crippen LogP contribution < -0.4 is 5.11 Å². The predicted octanol–water partition coefficient (Wildman–Crippen LogP) is 2.09. The molecule has 0 aliphatic carbocycles. The molecule has 0 heterocycles. The number of aromatic hydroxyl groups is 1. The van der Waals surface area contributed by atoms with Gasteiger partial charge >= 0.3 is 0 Å². The zero-order valence-corrected chi connectivity index (χ0v) is 9.80. The molecule has 0 aliphatic heterocycles. The third-order valence-corrected chi connectivity index (χ3v) is 2.74. The van der Waals surface area contributed by atoms with E-state index in [2.05, 4.69) is 0 Å². The predicted molar refractivity (Wildman–Crippen MR) is 68.9 cm³/mol. The molecule has 18 heavy (non-hydrogen) atoms. The first kappa shape index (κ1) is 12.2. The summed E-state index contributed by atoms with van der Waals surface area (Å²) in [6.45, 7) is 0. The highest BCUT2D eigenvalue weighted by Gasteiger charge is 2.02. The number of hydrogen-bond donors (Lipinski definition) is 1. The summed E-state index contributed by atoms with van der Waals surface area (Å²) in [5.74, 6) is -0.847. The molecule has 0 bridgehead atoms. The van der Waals surface area contributed by atoms with Crippen molar-refractivity contribution in [3.63, 3.8) is 0 Å². The molecule has 0 unspecified atom stereocenters. The molecule has 92 valence electrons. The SMILES string of the molecule is O=C([O-])CC/C=C/c1ccc2ccccc2c1O. The number of benzene rings is 2. The van der Waals surface area contributed by atoms with Gasteiger partial charge in [-0.25, -0.2) is 0 Å². The lowest BCUT2D eigenvalue weighted by Gasteiger charge is -2.04. The standard InChI is InChI=1S/C15H14O3/c16-14(17)8-4-2-6-12-10-9-11-5-1-3-7-13(11)15(12)18/h1-3,5-7,9-10,18H,4,8H2,(H,16,17)/p-1/b6-2+. The van der Waals surface area contributed by atoms with Crippen LogP contribution >= 0.6 is 0 Å². The summed E-state index contributed by atoms with van der Waals surface area (Å²) >= 11 is 0. The Labute approximate surface area is 105 Å². The number of phenols is 1. The summed E-state index contributed by atoms with van der Waals surface area (Å²) in [6, 6.07) is 11.3. The number of hydrogen-bond acceptors (Lipinski definition) is 3. The Balaban J connectivity index is 2.24. The van der Waals surface area contributed by atoms with E-state index >= 15 is 0 Å². The Morgan fingerprint density at radius 1 is 1.22 bits per heavy atom. The minimum Gasteiger partial charge on any atom is -0.550 e. The van der Waals surface area contributed by atoms with Gasteiger partial charge in [0.2, 0.25) is 0 Å². The first-order chi connectivity index (χ1) is 8.68. The largest absolute Gasteiger partial charge is 0.550 e. The number of allylic oxidation sites excluding steroid dienone is 1. The zero-order chi connectivity index (χ0) is 13.0. The fraction of sp³-hybridized carbons (Fsp3) is 0.133. The summed E-state index contributed by atoms with van der Waals surface area (Å²) in [7, 11) is 0. The number of carboxylic acids is 1. The smallest absolute Gasteiger partial charge is 0.130 e. The van der Waals surface area contributed by atoms with Crippen molar-refractivity contribution in [1.82, 2.24) is 0 Å².